The van der Waals surface area contributed by atoms with E-state index in [0.717, 1.165) is 12.1 Å². The number of hydrogen-bond acceptors (Lipinski definition) is 13. The lowest BCUT2D eigenvalue weighted by Gasteiger charge is -2.31. The molecule has 0 radical (unpaired) electrons. The smallest absolute Gasteiger partial charge is 0.206 e. The number of Topliss-reactive ketones (excluding diaryl/α,β-unsaturated/α-hetero) is 1. The largest absolute Gasteiger partial charge is 0.504 e. The molecular weight excluding hydrogens is 436 g/mol. The minimum absolute atomic E-state index is 0.0276. The highest BCUT2D eigenvalue weighted by atomic mass is 16.6. The van der Waals surface area contributed by atoms with Gasteiger partial charge in [0.25, 0.3) is 0 Å². The second-order valence-corrected chi connectivity index (χ2v) is 6.23. The maximum Gasteiger partial charge on any atom is 0.206 e. The molecule has 3 rings (SSSR count). The Labute approximate surface area is 179 Å². The van der Waals surface area contributed by atoms with Gasteiger partial charge in [-0.25, -0.2) is 0 Å². The highest BCUT2D eigenvalue weighted by Gasteiger charge is 2.42. The highest BCUT2D eigenvalue weighted by Crippen LogP contribution is 2.51. The number of aromatic hydroxyl groups is 2. The van der Waals surface area contributed by atoms with Gasteiger partial charge in [0.1, 0.15) is 11.3 Å². The monoisotopic (exact) mass is 456 g/mol. The molecule has 2 unspecified atom stereocenters. The lowest BCUT2D eigenvalue weighted by molar-refractivity contribution is 0.0177. The van der Waals surface area contributed by atoms with Gasteiger partial charge >= 0.3 is 0 Å². The van der Waals surface area contributed by atoms with Crippen LogP contribution in [-0.2, 0) is 0 Å². The molecule has 2 aromatic rings. The van der Waals surface area contributed by atoms with E-state index in [1.165, 1.54) is 6.07 Å². The molecule has 174 valence electrons. The molecule has 0 saturated carbocycles. The molecule has 2 aromatic carbocycles. The first-order valence-electron chi connectivity index (χ1n) is 8.98. The number of carbonyl (C=O) groups excluding carboxylic acids is 1. The minimum atomic E-state index is -1.86. The normalized spacial score (nSPS) is 17.3. The SMILES string of the molecule is O=C1c2c(OCO)cc(OCO)c(O)c2OC(c2cc(O)c(OCO)c(OCO)c2)C1O. The van der Waals surface area contributed by atoms with Crippen molar-refractivity contribution in [1.29, 1.82) is 0 Å². The molecular formula is C19H20O13. The summed E-state index contributed by atoms with van der Waals surface area (Å²) in [4.78, 5) is 12.9. The summed E-state index contributed by atoms with van der Waals surface area (Å²) in [7, 11) is 0. The summed E-state index contributed by atoms with van der Waals surface area (Å²) in [6.07, 6.45) is -3.36. The zero-order chi connectivity index (χ0) is 23.4. The van der Waals surface area contributed by atoms with Crippen molar-refractivity contribution >= 4 is 5.78 Å². The van der Waals surface area contributed by atoms with Crippen LogP contribution in [0.1, 0.15) is 22.0 Å². The molecule has 0 aromatic heterocycles. The summed E-state index contributed by atoms with van der Waals surface area (Å²) in [5.41, 5.74) is -0.415. The van der Waals surface area contributed by atoms with Gasteiger partial charge in [-0.2, -0.15) is 0 Å². The van der Waals surface area contributed by atoms with E-state index < -0.39 is 62.4 Å². The number of aliphatic hydroxyl groups excluding tert-OH is 5. The van der Waals surface area contributed by atoms with Crippen LogP contribution >= 0.6 is 0 Å². The molecule has 1 aliphatic rings. The number of ether oxygens (including phenoxy) is 5. The molecule has 1 aliphatic heterocycles. The first kappa shape index (κ1) is 23.2. The van der Waals surface area contributed by atoms with Gasteiger partial charge < -0.3 is 59.4 Å². The summed E-state index contributed by atoms with van der Waals surface area (Å²) in [5, 5.41) is 67.4. The van der Waals surface area contributed by atoms with Crippen LogP contribution in [0.25, 0.3) is 0 Å². The van der Waals surface area contributed by atoms with E-state index in [1.807, 2.05) is 0 Å². The van der Waals surface area contributed by atoms with Crippen molar-refractivity contribution in [2.24, 2.45) is 0 Å². The summed E-state index contributed by atoms with van der Waals surface area (Å²) in [5.74, 6) is -3.87. The summed E-state index contributed by atoms with van der Waals surface area (Å²) >= 11 is 0. The molecule has 0 bridgehead atoms. The summed E-state index contributed by atoms with van der Waals surface area (Å²) in [6.45, 7) is -3.35. The van der Waals surface area contributed by atoms with Crippen molar-refractivity contribution < 1.29 is 64.2 Å². The number of fused-ring (bicyclic) bond motifs is 1. The van der Waals surface area contributed by atoms with E-state index >= 15 is 0 Å². The Kier molecular flexibility index (Phi) is 7.07. The Balaban J connectivity index is 2.13. The van der Waals surface area contributed by atoms with Crippen molar-refractivity contribution in [3.8, 4) is 40.2 Å². The molecule has 0 fully saturated rings. The van der Waals surface area contributed by atoms with E-state index in [9.17, 15) is 20.1 Å². The van der Waals surface area contributed by atoms with E-state index in [4.69, 9.17) is 44.1 Å². The van der Waals surface area contributed by atoms with Crippen LogP contribution in [0.4, 0.5) is 0 Å². The second kappa shape index (κ2) is 9.76. The molecule has 13 heteroatoms. The van der Waals surface area contributed by atoms with Gasteiger partial charge in [-0.05, 0) is 12.1 Å². The predicted octanol–water partition coefficient (Wildman–Crippen LogP) is -0.911. The zero-order valence-corrected chi connectivity index (χ0v) is 16.3. The van der Waals surface area contributed by atoms with E-state index in [1.54, 1.807) is 0 Å². The standard InChI is InChI=1S/C19H20O13/c20-4-28-10-3-11(29-5-21)14(25)19-13(10)15(26)16(27)17(32-19)8-1-9(24)18(31-7-23)12(2-8)30-6-22/h1-3,16-17,20-25,27H,4-7H2. The van der Waals surface area contributed by atoms with E-state index in [0.29, 0.717) is 0 Å². The molecule has 0 spiro atoms. The molecule has 2 atom stereocenters. The van der Waals surface area contributed by atoms with Crippen LogP contribution in [0, 0.1) is 0 Å². The van der Waals surface area contributed by atoms with Crippen LogP contribution in [-0.4, -0.2) is 74.8 Å². The second-order valence-electron chi connectivity index (χ2n) is 6.23. The number of aliphatic hydroxyl groups is 5. The van der Waals surface area contributed by atoms with Crippen LogP contribution < -0.4 is 23.7 Å². The third-order valence-corrected chi connectivity index (χ3v) is 4.49. The fourth-order valence-electron chi connectivity index (χ4n) is 3.20. The first-order chi connectivity index (χ1) is 15.4. The van der Waals surface area contributed by atoms with Crippen molar-refractivity contribution in [2.45, 2.75) is 12.2 Å². The van der Waals surface area contributed by atoms with Gasteiger partial charge in [-0.15, -0.1) is 0 Å². The minimum Gasteiger partial charge on any atom is -0.504 e. The van der Waals surface area contributed by atoms with Gasteiger partial charge in [0.05, 0.1) is 0 Å². The molecule has 0 aliphatic carbocycles. The summed E-state index contributed by atoms with van der Waals surface area (Å²) < 4.78 is 25.3. The van der Waals surface area contributed by atoms with Gasteiger partial charge in [0.2, 0.25) is 17.3 Å². The molecule has 1 heterocycles. The Hall–Kier alpha value is -3.49. The van der Waals surface area contributed by atoms with Gasteiger partial charge in [-0.1, -0.05) is 0 Å². The number of rotatable bonds is 9. The maximum absolute atomic E-state index is 12.9. The molecule has 0 amide bonds. The number of phenols is 2. The average molecular weight is 456 g/mol. The number of ketones is 1. The number of hydrogen-bond donors (Lipinski definition) is 7. The number of benzene rings is 2. The van der Waals surface area contributed by atoms with Crippen molar-refractivity contribution in [1.82, 2.24) is 0 Å². The Bertz CT molecular complexity index is 990. The fourth-order valence-corrected chi connectivity index (χ4v) is 3.20. The predicted molar refractivity (Wildman–Crippen MR) is 101 cm³/mol. The topological polar surface area (TPSA) is 205 Å². The molecule has 7 N–H and O–H groups in total. The zero-order valence-electron chi connectivity index (χ0n) is 16.3. The van der Waals surface area contributed by atoms with Crippen molar-refractivity contribution in [3.05, 3.63) is 29.3 Å². The number of phenolic OH excluding ortho intramolecular Hbond substituents is 2. The van der Waals surface area contributed by atoms with Crippen LogP contribution in [0.5, 0.6) is 40.2 Å². The average Bonchev–Trinajstić information content (AvgIpc) is 2.76. The fraction of sp³-hybridized carbons (Fsp3) is 0.316. The van der Waals surface area contributed by atoms with E-state index in [-0.39, 0.29) is 34.1 Å². The lowest BCUT2D eigenvalue weighted by Crippen LogP contribution is -2.36. The summed E-state index contributed by atoms with van der Waals surface area (Å²) in [6, 6.07) is 3.25. The van der Waals surface area contributed by atoms with Crippen molar-refractivity contribution in [2.75, 3.05) is 27.2 Å². The Morgan fingerprint density at radius 3 is 2.03 bits per heavy atom. The van der Waals surface area contributed by atoms with Gasteiger partial charge in [0, 0.05) is 11.6 Å². The lowest BCUT2D eigenvalue weighted by atomic mass is 9.92. The Morgan fingerprint density at radius 1 is 0.812 bits per heavy atom. The van der Waals surface area contributed by atoms with E-state index in [2.05, 4.69) is 0 Å². The maximum atomic E-state index is 12.9. The first-order valence-corrected chi connectivity index (χ1v) is 8.98. The molecule has 32 heavy (non-hydrogen) atoms. The van der Waals surface area contributed by atoms with Crippen molar-refractivity contribution in [3.63, 3.8) is 0 Å². The van der Waals surface area contributed by atoms with Crippen LogP contribution in [0.2, 0.25) is 0 Å². The third kappa shape index (κ3) is 4.15. The Morgan fingerprint density at radius 2 is 1.41 bits per heavy atom. The molecule has 13 nitrogen and oxygen atoms in total. The van der Waals surface area contributed by atoms with Crippen LogP contribution in [0.3, 0.4) is 0 Å². The third-order valence-electron chi connectivity index (χ3n) is 4.49. The van der Waals surface area contributed by atoms with Gasteiger partial charge in [0.15, 0.2) is 62.4 Å². The van der Waals surface area contributed by atoms with Crippen LogP contribution in [0.15, 0.2) is 18.2 Å². The quantitative estimate of drug-likeness (QED) is 0.229. The highest BCUT2D eigenvalue weighted by molar-refractivity contribution is 6.06. The number of carbonyl (C=O) groups is 1. The van der Waals surface area contributed by atoms with Gasteiger partial charge in [-0.3, -0.25) is 4.79 Å². The molecule has 0 saturated heterocycles.